The largest absolute Gasteiger partial charge is 0.494 e. The van der Waals surface area contributed by atoms with Gasteiger partial charge in [0.2, 0.25) is 0 Å². The summed E-state index contributed by atoms with van der Waals surface area (Å²) in [7, 11) is 0. The molecule has 2 rings (SSSR count). The zero-order valence-electron chi connectivity index (χ0n) is 15.1. The van der Waals surface area contributed by atoms with E-state index in [1.165, 1.54) is 6.92 Å². The van der Waals surface area contributed by atoms with Crippen LogP contribution in [-0.4, -0.2) is 31.2 Å². The topological polar surface area (TPSA) is 97.7 Å². The molecule has 1 amide bonds. The highest BCUT2D eigenvalue weighted by molar-refractivity contribution is 5.93. The van der Waals surface area contributed by atoms with Crippen molar-refractivity contribution in [2.75, 3.05) is 18.5 Å². The van der Waals surface area contributed by atoms with E-state index in [0.29, 0.717) is 29.4 Å². The lowest BCUT2D eigenvalue weighted by molar-refractivity contribution is -0.153. The van der Waals surface area contributed by atoms with Gasteiger partial charge in [-0.1, -0.05) is 0 Å². The van der Waals surface area contributed by atoms with Crippen molar-refractivity contribution in [3.05, 3.63) is 54.1 Å². The Morgan fingerprint density at radius 3 is 2.30 bits per heavy atom. The molecular formula is C20H20N2O5. The summed E-state index contributed by atoms with van der Waals surface area (Å²) < 4.78 is 15.7. The second-order valence-electron chi connectivity index (χ2n) is 5.51. The van der Waals surface area contributed by atoms with E-state index >= 15 is 0 Å². The van der Waals surface area contributed by atoms with Gasteiger partial charge >= 0.3 is 5.97 Å². The average Bonchev–Trinajstić information content (AvgIpc) is 2.68. The van der Waals surface area contributed by atoms with Crippen LogP contribution in [0, 0.1) is 11.3 Å². The molecule has 0 heterocycles. The number of nitriles is 1. The summed E-state index contributed by atoms with van der Waals surface area (Å²) in [6.45, 7) is 3.54. The van der Waals surface area contributed by atoms with Gasteiger partial charge in [-0.2, -0.15) is 5.26 Å². The lowest BCUT2D eigenvalue weighted by atomic mass is 10.2. The minimum Gasteiger partial charge on any atom is -0.494 e. The smallest absolute Gasteiger partial charge is 0.347 e. The zero-order valence-corrected chi connectivity index (χ0v) is 15.1. The molecule has 7 nitrogen and oxygen atoms in total. The highest BCUT2D eigenvalue weighted by atomic mass is 16.6. The third-order valence-corrected chi connectivity index (χ3v) is 3.42. The van der Waals surface area contributed by atoms with E-state index in [2.05, 4.69) is 5.32 Å². The molecule has 0 radical (unpaired) electrons. The summed E-state index contributed by atoms with van der Waals surface area (Å²) in [6.07, 6.45) is -0.892. The molecule has 0 fully saturated rings. The number of anilines is 1. The molecule has 27 heavy (non-hydrogen) atoms. The molecule has 0 bridgehead atoms. The SMILES string of the molecule is CCOc1ccc(NC(=O)COC(=O)[C@@H](C)Oc2ccc(C#N)cc2)cc1. The Morgan fingerprint density at radius 1 is 1.07 bits per heavy atom. The fourth-order valence-electron chi connectivity index (χ4n) is 2.11. The van der Waals surface area contributed by atoms with Crippen LogP contribution >= 0.6 is 0 Å². The Labute approximate surface area is 157 Å². The van der Waals surface area contributed by atoms with Crippen molar-refractivity contribution in [1.82, 2.24) is 0 Å². The molecular weight excluding hydrogens is 348 g/mol. The van der Waals surface area contributed by atoms with Crippen molar-refractivity contribution in [1.29, 1.82) is 5.26 Å². The summed E-state index contributed by atoms with van der Waals surface area (Å²) in [4.78, 5) is 23.8. The number of amides is 1. The maximum Gasteiger partial charge on any atom is 0.347 e. The average molecular weight is 368 g/mol. The lowest BCUT2D eigenvalue weighted by Gasteiger charge is -2.14. The number of hydrogen-bond donors (Lipinski definition) is 1. The zero-order chi connectivity index (χ0) is 19.6. The van der Waals surface area contributed by atoms with Crippen LogP contribution in [0.1, 0.15) is 19.4 Å². The monoisotopic (exact) mass is 368 g/mol. The highest BCUT2D eigenvalue weighted by Crippen LogP contribution is 2.16. The van der Waals surface area contributed by atoms with Crippen molar-refractivity contribution in [3.8, 4) is 17.6 Å². The van der Waals surface area contributed by atoms with Gasteiger partial charge in [0.15, 0.2) is 12.7 Å². The van der Waals surface area contributed by atoms with Crippen molar-refractivity contribution >= 4 is 17.6 Å². The van der Waals surface area contributed by atoms with E-state index in [1.54, 1.807) is 48.5 Å². The van der Waals surface area contributed by atoms with Gasteiger partial charge in [-0.25, -0.2) is 4.79 Å². The number of ether oxygens (including phenoxy) is 3. The molecule has 2 aromatic carbocycles. The lowest BCUT2D eigenvalue weighted by Crippen LogP contribution is -2.29. The summed E-state index contributed by atoms with van der Waals surface area (Å²) in [5.74, 6) is 0.00674. The number of nitrogens with zero attached hydrogens (tertiary/aromatic N) is 1. The number of hydrogen-bond acceptors (Lipinski definition) is 6. The second kappa shape index (κ2) is 9.82. The first kappa shape index (κ1) is 19.8. The first-order chi connectivity index (χ1) is 13.0. The Morgan fingerprint density at radius 2 is 1.70 bits per heavy atom. The maximum atomic E-state index is 11.9. The first-order valence-electron chi connectivity index (χ1n) is 8.38. The van der Waals surface area contributed by atoms with Crippen LogP contribution in [0.4, 0.5) is 5.69 Å². The van der Waals surface area contributed by atoms with Crippen LogP contribution in [0.3, 0.4) is 0 Å². The molecule has 2 aromatic rings. The van der Waals surface area contributed by atoms with Crippen LogP contribution < -0.4 is 14.8 Å². The summed E-state index contributed by atoms with van der Waals surface area (Å²) in [5, 5.41) is 11.4. The van der Waals surface area contributed by atoms with Crippen molar-refractivity contribution < 1.29 is 23.8 Å². The Balaban J connectivity index is 1.77. The number of rotatable bonds is 8. The maximum absolute atomic E-state index is 11.9. The second-order valence-corrected chi connectivity index (χ2v) is 5.51. The number of esters is 1. The van der Waals surface area contributed by atoms with Crippen LogP contribution in [0.2, 0.25) is 0 Å². The van der Waals surface area contributed by atoms with Gasteiger partial charge in [-0.15, -0.1) is 0 Å². The Bertz CT molecular complexity index is 810. The number of carbonyl (C=O) groups excluding carboxylic acids is 2. The van der Waals surface area contributed by atoms with E-state index < -0.39 is 24.6 Å². The van der Waals surface area contributed by atoms with Crippen LogP contribution in [-0.2, 0) is 14.3 Å². The van der Waals surface area contributed by atoms with Gasteiger partial charge in [-0.3, -0.25) is 4.79 Å². The van der Waals surface area contributed by atoms with Crippen LogP contribution in [0.25, 0.3) is 0 Å². The van der Waals surface area contributed by atoms with Gasteiger partial charge in [0, 0.05) is 5.69 Å². The standard InChI is InChI=1S/C20H20N2O5/c1-3-25-17-10-6-16(7-11-17)22-19(23)13-26-20(24)14(2)27-18-8-4-15(12-21)5-9-18/h4-11,14H,3,13H2,1-2H3,(H,22,23)/t14-/m1/s1. The van der Waals surface area contributed by atoms with Crippen molar-refractivity contribution in [2.24, 2.45) is 0 Å². The van der Waals surface area contributed by atoms with E-state index in [9.17, 15) is 9.59 Å². The van der Waals surface area contributed by atoms with Crippen LogP contribution in [0.5, 0.6) is 11.5 Å². The number of carbonyl (C=O) groups is 2. The highest BCUT2D eigenvalue weighted by Gasteiger charge is 2.18. The quantitative estimate of drug-likeness (QED) is 0.720. The fraction of sp³-hybridized carbons (Fsp3) is 0.250. The summed E-state index contributed by atoms with van der Waals surface area (Å²) in [6, 6.07) is 15.2. The van der Waals surface area contributed by atoms with Gasteiger partial charge in [0.25, 0.3) is 5.91 Å². The van der Waals surface area contributed by atoms with Gasteiger partial charge in [0.1, 0.15) is 11.5 Å². The van der Waals surface area contributed by atoms with Crippen molar-refractivity contribution in [2.45, 2.75) is 20.0 Å². The molecule has 0 aliphatic rings. The molecule has 0 spiro atoms. The molecule has 0 saturated heterocycles. The summed E-state index contributed by atoms with van der Waals surface area (Å²) >= 11 is 0. The molecule has 1 atom stereocenters. The van der Waals surface area contributed by atoms with Gasteiger partial charge in [0.05, 0.1) is 18.2 Å². The molecule has 0 aliphatic carbocycles. The molecule has 0 unspecified atom stereocenters. The fourth-order valence-corrected chi connectivity index (χ4v) is 2.11. The molecule has 1 N–H and O–H groups in total. The Hall–Kier alpha value is -3.53. The molecule has 0 aromatic heterocycles. The van der Waals surface area contributed by atoms with Crippen molar-refractivity contribution in [3.63, 3.8) is 0 Å². The predicted octanol–water partition coefficient (Wildman–Crippen LogP) is 2.91. The first-order valence-corrected chi connectivity index (χ1v) is 8.38. The minimum absolute atomic E-state index is 0.423. The minimum atomic E-state index is -0.892. The van der Waals surface area contributed by atoms with Gasteiger partial charge < -0.3 is 19.5 Å². The molecule has 0 saturated carbocycles. The van der Waals surface area contributed by atoms with Gasteiger partial charge in [-0.05, 0) is 62.4 Å². The normalized spacial score (nSPS) is 11.0. The van der Waals surface area contributed by atoms with E-state index in [4.69, 9.17) is 19.5 Å². The number of benzene rings is 2. The molecule has 0 aliphatic heterocycles. The predicted molar refractivity (Wildman–Crippen MR) is 98.4 cm³/mol. The third kappa shape index (κ3) is 6.36. The van der Waals surface area contributed by atoms with E-state index in [0.717, 1.165) is 0 Å². The summed E-state index contributed by atoms with van der Waals surface area (Å²) in [5.41, 5.74) is 1.06. The molecule has 140 valence electrons. The van der Waals surface area contributed by atoms with E-state index in [1.807, 2.05) is 13.0 Å². The number of nitrogens with one attached hydrogen (secondary N) is 1. The molecule has 7 heteroatoms. The van der Waals surface area contributed by atoms with E-state index in [-0.39, 0.29) is 0 Å². The van der Waals surface area contributed by atoms with Crippen LogP contribution in [0.15, 0.2) is 48.5 Å². The third-order valence-electron chi connectivity index (χ3n) is 3.42. The Kier molecular flexibility index (Phi) is 7.20.